The molecule has 0 radical (unpaired) electrons. The van der Waals surface area contributed by atoms with Crippen LogP contribution in [0.1, 0.15) is 5.56 Å². The van der Waals surface area contributed by atoms with Gasteiger partial charge in [0.15, 0.2) is 0 Å². The first-order chi connectivity index (χ1) is 9.29. The molecule has 0 aromatic heterocycles. The van der Waals surface area contributed by atoms with Gasteiger partial charge in [-0.3, -0.25) is 0 Å². The van der Waals surface area contributed by atoms with E-state index in [1.807, 2.05) is 30.3 Å². The van der Waals surface area contributed by atoms with E-state index in [0.29, 0.717) is 11.3 Å². The minimum atomic E-state index is 0.518. The maximum Gasteiger partial charge on any atom is 0.101 e. The van der Waals surface area contributed by atoms with Gasteiger partial charge in [-0.2, -0.15) is 5.26 Å². The van der Waals surface area contributed by atoms with Crippen molar-refractivity contribution in [2.75, 3.05) is 5.73 Å². The third-order valence-corrected chi connectivity index (χ3v) is 3.27. The zero-order chi connectivity index (χ0) is 13.2. The second-order valence-electron chi connectivity index (χ2n) is 4.44. The fourth-order valence-electron chi connectivity index (χ4n) is 2.31. The molecule has 2 N–H and O–H groups in total. The van der Waals surface area contributed by atoms with Crippen LogP contribution in [0.5, 0.6) is 0 Å². The molecule has 90 valence electrons. The van der Waals surface area contributed by atoms with Crippen LogP contribution in [0.4, 0.5) is 5.69 Å². The first kappa shape index (κ1) is 11.3. The van der Waals surface area contributed by atoms with Crippen LogP contribution in [-0.4, -0.2) is 0 Å². The standard InChI is InChI=1S/C17H12N2/c18-11-14-9-8-13(10-17(14)19)16-7-3-5-12-4-1-2-6-15(12)16/h1-10H,19H2. The lowest BCUT2D eigenvalue weighted by Crippen LogP contribution is -1.91. The summed E-state index contributed by atoms with van der Waals surface area (Å²) in [7, 11) is 0. The lowest BCUT2D eigenvalue weighted by Gasteiger charge is -2.08. The van der Waals surface area contributed by atoms with Gasteiger partial charge in [-0.05, 0) is 34.0 Å². The van der Waals surface area contributed by atoms with E-state index in [1.54, 1.807) is 6.07 Å². The van der Waals surface area contributed by atoms with Crippen molar-refractivity contribution in [2.24, 2.45) is 0 Å². The number of hydrogen-bond acceptors (Lipinski definition) is 2. The molecule has 0 spiro atoms. The Morgan fingerprint density at radius 3 is 2.47 bits per heavy atom. The van der Waals surface area contributed by atoms with Gasteiger partial charge in [0, 0.05) is 0 Å². The number of nitrogen functional groups attached to an aromatic ring is 1. The number of nitrogens with zero attached hydrogens (tertiary/aromatic N) is 1. The number of hydrogen-bond donors (Lipinski definition) is 1. The van der Waals surface area contributed by atoms with E-state index in [-0.39, 0.29) is 0 Å². The summed E-state index contributed by atoms with van der Waals surface area (Å²) >= 11 is 0. The van der Waals surface area contributed by atoms with Gasteiger partial charge >= 0.3 is 0 Å². The van der Waals surface area contributed by atoms with Crippen LogP contribution >= 0.6 is 0 Å². The Balaban J connectivity index is 2.25. The van der Waals surface area contributed by atoms with Crippen molar-refractivity contribution in [3.63, 3.8) is 0 Å². The van der Waals surface area contributed by atoms with E-state index in [9.17, 15) is 0 Å². The fourth-order valence-corrected chi connectivity index (χ4v) is 2.31. The van der Waals surface area contributed by atoms with Crippen molar-refractivity contribution in [1.29, 1.82) is 5.26 Å². The monoisotopic (exact) mass is 244 g/mol. The van der Waals surface area contributed by atoms with Gasteiger partial charge in [-0.25, -0.2) is 0 Å². The van der Waals surface area contributed by atoms with Crippen molar-refractivity contribution >= 4 is 16.5 Å². The molecule has 0 atom stereocenters. The number of nitrogens with two attached hydrogens (primary N) is 1. The SMILES string of the molecule is N#Cc1ccc(-c2cccc3ccccc23)cc1N. The molecular weight excluding hydrogens is 232 g/mol. The molecule has 0 saturated carbocycles. The summed E-state index contributed by atoms with van der Waals surface area (Å²) in [5, 5.41) is 11.3. The predicted molar refractivity (Wildman–Crippen MR) is 78.5 cm³/mol. The second-order valence-corrected chi connectivity index (χ2v) is 4.44. The van der Waals surface area contributed by atoms with Gasteiger partial charge < -0.3 is 5.73 Å². The number of anilines is 1. The Hall–Kier alpha value is -2.79. The number of fused-ring (bicyclic) bond motifs is 1. The molecule has 0 heterocycles. The second kappa shape index (κ2) is 4.47. The smallest absolute Gasteiger partial charge is 0.101 e. The largest absolute Gasteiger partial charge is 0.398 e. The first-order valence-corrected chi connectivity index (χ1v) is 6.07. The number of nitriles is 1. The molecule has 3 aromatic carbocycles. The zero-order valence-corrected chi connectivity index (χ0v) is 10.3. The molecule has 3 aromatic rings. The highest BCUT2D eigenvalue weighted by Gasteiger charge is 2.05. The summed E-state index contributed by atoms with van der Waals surface area (Å²) in [5.74, 6) is 0. The van der Waals surface area contributed by atoms with Crippen LogP contribution in [0, 0.1) is 11.3 Å². The molecular formula is C17H12N2. The molecule has 0 unspecified atom stereocenters. The molecule has 0 amide bonds. The highest BCUT2D eigenvalue weighted by atomic mass is 14.6. The summed E-state index contributed by atoms with van der Waals surface area (Å²) in [5.41, 5.74) is 9.10. The Labute approximate surface area is 111 Å². The summed E-state index contributed by atoms with van der Waals surface area (Å²) in [6.07, 6.45) is 0. The topological polar surface area (TPSA) is 49.8 Å². The molecule has 3 rings (SSSR count). The Bertz CT molecular complexity index is 792. The van der Waals surface area contributed by atoms with Crippen molar-refractivity contribution in [3.8, 4) is 17.2 Å². The first-order valence-electron chi connectivity index (χ1n) is 6.07. The maximum absolute atomic E-state index is 8.92. The quantitative estimate of drug-likeness (QED) is 0.659. The molecule has 2 nitrogen and oxygen atoms in total. The van der Waals surface area contributed by atoms with Crippen LogP contribution < -0.4 is 5.73 Å². The van der Waals surface area contributed by atoms with E-state index in [1.165, 1.54) is 10.8 Å². The molecule has 2 heteroatoms. The minimum absolute atomic E-state index is 0.518. The highest BCUT2D eigenvalue weighted by Crippen LogP contribution is 2.30. The fraction of sp³-hybridized carbons (Fsp3) is 0. The van der Waals surface area contributed by atoms with Gasteiger partial charge in [0.2, 0.25) is 0 Å². The summed E-state index contributed by atoms with van der Waals surface area (Å²) in [4.78, 5) is 0. The summed E-state index contributed by atoms with van der Waals surface area (Å²) < 4.78 is 0. The summed E-state index contributed by atoms with van der Waals surface area (Å²) in [6.45, 7) is 0. The predicted octanol–water partition coefficient (Wildman–Crippen LogP) is 3.96. The van der Waals surface area contributed by atoms with Gasteiger partial charge in [-0.15, -0.1) is 0 Å². The number of benzene rings is 3. The van der Waals surface area contributed by atoms with Crippen molar-refractivity contribution in [3.05, 3.63) is 66.2 Å². The Kier molecular flexibility index (Phi) is 2.66. The van der Waals surface area contributed by atoms with E-state index >= 15 is 0 Å². The molecule has 0 fully saturated rings. The molecule has 19 heavy (non-hydrogen) atoms. The average Bonchev–Trinajstić information content (AvgIpc) is 2.46. The van der Waals surface area contributed by atoms with Crippen molar-refractivity contribution in [2.45, 2.75) is 0 Å². The molecule has 0 aliphatic rings. The third-order valence-electron chi connectivity index (χ3n) is 3.27. The van der Waals surface area contributed by atoms with E-state index < -0.39 is 0 Å². The number of rotatable bonds is 1. The van der Waals surface area contributed by atoms with Crippen LogP contribution in [0.3, 0.4) is 0 Å². The Morgan fingerprint density at radius 1 is 0.895 bits per heavy atom. The zero-order valence-electron chi connectivity index (χ0n) is 10.3. The van der Waals surface area contributed by atoms with Gasteiger partial charge in [0.1, 0.15) is 6.07 Å². The summed E-state index contributed by atoms with van der Waals surface area (Å²) in [6, 6.07) is 22.1. The van der Waals surface area contributed by atoms with Crippen molar-refractivity contribution < 1.29 is 0 Å². The van der Waals surface area contributed by atoms with Crippen LogP contribution in [0.15, 0.2) is 60.7 Å². The normalized spacial score (nSPS) is 10.3. The van der Waals surface area contributed by atoms with Crippen LogP contribution in [0.2, 0.25) is 0 Å². The Morgan fingerprint density at radius 2 is 1.68 bits per heavy atom. The lowest BCUT2D eigenvalue weighted by molar-refractivity contribution is 1.48. The molecule has 0 saturated heterocycles. The van der Waals surface area contributed by atoms with Crippen molar-refractivity contribution in [1.82, 2.24) is 0 Å². The van der Waals surface area contributed by atoms with Crippen LogP contribution in [-0.2, 0) is 0 Å². The lowest BCUT2D eigenvalue weighted by atomic mass is 9.97. The molecule has 0 aliphatic heterocycles. The van der Waals surface area contributed by atoms with Gasteiger partial charge in [-0.1, -0.05) is 48.5 Å². The average molecular weight is 244 g/mol. The molecule has 0 aliphatic carbocycles. The van der Waals surface area contributed by atoms with E-state index in [0.717, 1.165) is 11.1 Å². The highest BCUT2D eigenvalue weighted by molar-refractivity contribution is 5.97. The maximum atomic E-state index is 8.92. The van der Waals surface area contributed by atoms with Crippen LogP contribution in [0.25, 0.3) is 21.9 Å². The third kappa shape index (κ3) is 1.92. The van der Waals surface area contributed by atoms with E-state index in [2.05, 4.69) is 30.3 Å². The van der Waals surface area contributed by atoms with E-state index in [4.69, 9.17) is 11.0 Å². The minimum Gasteiger partial charge on any atom is -0.398 e. The van der Waals surface area contributed by atoms with Gasteiger partial charge in [0.25, 0.3) is 0 Å². The molecule has 0 bridgehead atoms. The van der Waals surface area contributed by atoms with Gasteiger partial charge in [0.05, 0.1) is 11.3 Å².